The SMILES string of the molecule is CCC[C@]1(C(=O)c2ccc(Cl)c(Cl)c2)C[C@@H](O[Si](C)(C)C(C)(C)C)CN1C(=O)OC(C)(C)C. The molecule has 1 heterocycles. The summed E-state index contributed by atoms with van der Waals surface area (Å²) in [6.45, 7) is 18.7. The fraction of sp³-hybridized carbons (Fsp3) is 0.680. The molecule has 1 saturated heterocycles. The van der Waals surface area contributed by atoms with Crippen LogP contribution < -0.4 is 0 Å². The second kappa shape index (κ2) is 9.88. The molecule has 1 aromatic rings. The predicted octanol–water partition coefficient (Wildman–Crippen LogP) is 7.75. The Labute approximate surface area is 210 Å². The minimum absolute atomic E-state index is 0.00741. The Morgan fingerprint density at radius 1 is 1.12 bits per heavy atom. The Morgan fingerprint density at radius 3 is 2.21 bits per heavy atom. The summed E-state index contributed by atoms with van der Waals surface area (Å²) in [6.07, 6.45) is 0.899. The maximum absolute atomic E-state index is 14.0. The van der Waals surface area contributed by atoms with Crippen LogP contribution in [0.2, 0.25) is 28.2 Å². The Balaban J connectivity index is 2.54. The molecule has 2 rings (SSSR count). The summed E-state index contributed by atoms with van der Waals surface area (Å²) in [4.78, 5) is 29.0. The summed E-state index contributed by atoms with van der Waals surface area (Å²) in [7, 11) is -2.13. The van der Waals surface area contributed by atoms with Crippen molar-refractivity contribution in [3.63, 3.8) is 0 Å². The number of ether oxygens (including phenoxy) is 1. The van der Waals surface area contributed by atoms with E-state index in [9.17, 15) is 9.59 Å². The zero-order chi connectivity index (χ0) is 25.4. The fourth-order valence-corrected chi connectivity index (χ4v) is 5.70. The minimum Gasteiger partial charge on any atom is -0.444 e. The number of carbonyl (C=O) groups is 2. The van der Waals surface area contributed by atoms with E-state index in [1.165, 1.54) is 0 Å². The second-order valence-electron chi connectivity index (χ2n) is 11.5. The van der Waals surface area contributed by atoms with Crippen molar-refractivity contribution < 1.29 is 18.8 Å². The van der Waals surface area contributed by atoms with E-state index in [0.717, 1.165) is 6.42 Å². The van der Waals surface area contributed by atoms with Crippen LogP contribution in [-0.2, 0) is 9.16 Å². The van der Waals surface area contributed by atoms with Gasteiger partial charge in [0.25, 0.3) is 0 Å². The van der Waals surface area contributed by atoms with Crippen LogP contribution in [-0.4, -0.2) is 48.9 Å². The van der Waals surface area contributed by atoms with Gasteiger partial charge in [0, 0.05) is 12.0 Å². The van der Waals surface area contributed by atoms with Crippen LogP contribution >= 0.6 is 23.2 Å². The molecule has 0 bridgehead atoms. The van der Waals surface area contributed by atoms with Crippen molar-refractivity contribution in [2.24, 2.45) is 0 Å². The molecule has 1 amide bonds. The number of halogens is 2. The number of Topliss-reactive ketones (excluding diaryl/α,β-unsaturated/α-hetero) is 1. The van der Waals surface area contributed by atoms with Gasteiger partial charge in [-0.2, -0.15) is 0 Å². The van der Waals surface area contributed by atoms with Gasteiger partial charge in [0.2, 0.25) is 0 Å². The molecule has 0 radical (unpaired) electrons. The fourth-order valence-electron chi connectivity index (χ4n) is 4.05. The summed E-state index contributed by atoms with van der Waals surface area (Å²) >= 11 is 12.3. The lowest BCUT2D eigenvalue weighted by molar-refractivity contribution is 0.00677. The van der Waals surface area contributed by atoms with Gasteiger partial charge in [0.15, 0.2) is 14.1 Å². The number of likely N-dealkylation sites (tertiary alicyclic amines) is 1. The van der Waals surface area contributed by atoms with Crippen molar-refractivity contribution in [3.05, 3.63) is 33.8 Å². The lowest BCUT2D eigenvalue weighted by Crippen LogP contribution is -2.54. The Kier molecular flexibility index (Phi) is 8.43. The van der Waals surface area contributed by atoms with Crippen molar-refractivity contribution in [2.75, 3.05) is 6.54 Å². The Hall–Kier alpha value is -1.08. The van der Waals surface area contributed by atoms with Crippen LogP contribution in [0.4, 0.5) is 4.79 Å². The van der Waals surface area contributed by atoms with Gasteiger partial charge in [0.1, 0.15) is 11.1 Å². The number of hydrogen-bond donors (Lipinski definition) is 0. The van der Waals surface area contributed by atoms with E-state index in [0.29, 0.717) is 35.0 Å². The molecule has 0 unspecified atom stereocenters. The van der Waals surface area contributed by atoms with E-state index >= 15 is 0 Å². The topological polar surface area (TPSA) is 55.8 Å². The lowest BCUT2D eigenvalue weighted by atomic mass is 9.82. The Morgan fingerprint density at radius 2 is 1.73 bits per heavy atom. The van der Waals surface area contributed by atoms with Crippen molar-refractivity contribution in [3.8, 4) is 0 Å². The summed E-state index contributed by atoms with van der Waals surface area (Å²) in [5.41, 5.74) is -1.32. The molecule has 0 aliphatic carbocycles. The van der Waals surface area contributed by atoms with E-state index in [1.807, 2.05) is 27.7 Å². The van der Waals surface area contributed by atoms with Crippen molar-refractivity contribution >= 4 is 43.4 Å². The summed E-state index contributed by atoms with van der Waals surface area (Å²) < 4.78 is 12.4. The molecular weight excluding hydrogens is 477 g/mol. The smallest absolute Gasteiger partial charge is 0.411 e. The molecule has 0 saturated carbocycles. The van der Waals surface area contributed by atoms with Crippen LogP contribution in [0.5, 0.6) is 0 Å². The molecule has 1 aromatic carbocycles. The van der Waals surface area contributed by atoms with Crippen LogP contribution in [0.25, 0.3) is 0 Å². The highest BCUT2D eigenvalue weighted by Crippen LogP contribution is 2.44. The van der Waals surface area contributed by atoms with Crippen LogP contribution in [0.1, 0.15) is 78.1 Å². The van der Waals surface area contributed by atoms with Crippen molar-refractivity contribution in [2.45, 2.75) is 103 Å². The third-order valence-corrected chi connectivity index (χ3v) is 11.9. The molecule has 8 heteroatoms. The van der Waals surface area contributed by atoms with Crippen LogP contribution in [0.3, 0.4) is 0 Å². The van der Waals surface area contributed by atoms with Gasteiger partial charge in [-0.3, -0.25) is 9.69 Å². The highest BCUT2D eigenvalue weighted by atomic mass is 35.5. The number of carbonyl (C=O) groups excluding carboxylic acids is 2. The normalized spacial score (nSPS) is 21.9. The number of amides is 1. The molecular formula is C25H39Cl2NO4Si. The second-order valence-corrected chi connectivity index (χ2v) is 17.1. The molecule has 5 nitrogen and oxygen atoms in total. The average molecular weight is 517 g/mol. The average Bonchev–Trinajstić information content (AvgIpc) is 3.00. The molecule has 0 aromatic heterocycles. The number of nitrogens with zero attached hydrogens (tertiary/aromatic N) is 1. The number of rotatable bonds is 6. The number of benzene rings is 1. The molecule has 1 aliphatic rings. The van der Waals surface area contributed by atoms with E-state index < -0.39 is 25.6 Å². The first-order chi connectivity index (χ1) is 14.9. The molecule has 2 atom stereocenters. The zero-order valence-corrected chi connectivity index (χ0v) is 24.0. The minimum atomic E-state index is -2.13. The largest absolute Gasteiger partial charge is 0.444 e. The molecule has 33 heavy (non-hydrogen) atoms. The first-order valence-electron chi connectivity index (χ1n) is 11.6. The van der Waals surface area contributed by atoms with Gasteiger partial charge in [-0.1, -0.05) is 57.3 Å². The maximum Gasteiger partial charge on any atom is 0.411 e. The van der Waals surface area contributed by atoms with Crippen molar-refractivity contribution in [1.82, 2.24) is 4.90 Å². The van der Waals surface area contributed by atoms with Gasteiger partial charge in [0.05, 0.1) is 22.7 Å². The van der Waals surface area contributed by atoms with E-state index in [2.05, 4.69) is 33.9 Å². The van der Waals surface area contributed by atoms with Gasteiger partial charge in [-0.05, 0) is 63.5 Å². The number of ketones is 1. The summed E-state index contributed by atoms with van der Waals surface area (Å²) in [5.74, 6) is -0.157. The standard InChI is InChI=1S/C25H39Cl2NO4Si/c1-10-13-25(21(29)17-11-12-19(26)20(27)14-17)15-18(32-33(8,9)24(5,6)7)16-28(25)22(30)31-23(2,3)4/h11-12,14,18H,10,13,15-16H2,1-9H3/t18-,25-/m1/s1. The Bertz CT molecular complexity index is 891. The quantitative estimate of drug-likeness (QED) is 0.287. The predicted molar refractivity (Wildman–Crippen MR) is 138 cm³/mol. The molecule has 1 aliphatic heterocycles. The van der Waals surface area contributed by atoms with Crippen LogP contribution in [0.15, 0.2) is 18.2 Å². The molecule has 1 fully saturated rings. The van der Waals surface area contributed by atoms with Gasteiger partial charge >= 0.3 is 6.09 Å². The van der Waals surface area contributed by atoms with E-state index in [-0.39, 0.29) is 16.9 Å². The van der Waals surface area contributed by atoms with Gasteiger partial charge in [-0.15, -0.1) is 0 Å². The van der Waals surface area contributed by atoms with Gasteiger partial charge in [-0.25, -0.2) is 4.79 Å². The molecule has 186 valence electrons. The third kappa shape index (κ3) is 6.33. The third-order valence-electron chi connectivity index (χ3n) is 6.62. The highest BCUT2D eigenvalue weighted by Gasteiger charge is 2.55. The monoisotopic (exact) mass is 515 g/mol. The highest BCUT2D eigenvalue weighted by molar-refractivity contribution is 6.74. The summed E-state index contributed by atoms with van der Waals surface area (Å²) in [5, 5.41) is 0.699. The van der Waals surface area contributed by atoms with Crippen molar-refractivity contribution in [1.29, 1.82) is 0 Å². The first-order valence-corrected chi connectivity index (χ1v) is 15.3. The van der Waals surface area contributed by atoms with E-state index in [4.69, 9.17) is 32.4 Å². The number of hydrogen-bond acceptors (Lipinski definition) is 4. The maximum atomic E-state index is 14.0. The molecule has 0 spiro atoms. The van der Waals surface area contributed by atoms with E-state index in [1.54, 1.807) is 23.1 Å². The van der Waals surface area contributed by atoms with Crippen LogP contribution in [0, 0.1) is 0 Å². The van der Waals surface area contributed by atoms with Gasteiger partial charge < -0.3 is 9.16 Å². The first kappa shape index (κ1) is 28.2. The zero-order valence-electron chi connectivity index (χ0n) is 21.5. The lowest BCUT2D eigenvalue weighted by Gasteiger charge is -2.38. The molecule has 0 N–H and O–H groups in total. The summed E-state index contributed by atoms with van der Waals surface area (Å²) in [6, 6.07) is 4.87.